The van der Waals surface area contributed by atoms with Crippen LogP contribution < -0.4 is 0 Å². The lowest BCUT2D eigenvalue weighted by molar-refractivity contribution is 0.669. The molecule has 2 heterocycles. The highest BCUT2D eigenvalue weighted by molar-refractivity contribution is 6.13. The van der Waals surface area contributed by atoms with Crippen LogP contribution in [0.5, 0.6) is 0 Å². The van der Waals surface area contributed by atoms with E-state index < -0.39 is 0 Å². The first-order valence-corrected chi connectivity index (χ1v) is 17.4. The van der Waals surface area contributed by atoms with Gasteiger partial charge in [0.2, 0.25) is 0 Å². The molecule has 0 amide bonds. The van der Waals surface area contributed by atoms with E-state index in [-0.39, 0.29) is 0 Å². The first kappa shape index (κ1) is 29.3. The summed E-state index contributed by atoms with van der Waals surface area (Å²) in [6, 6.07) is 52.8. The first-order valence-electron chi connectivity index (χ1n) is 17.4. The van der Waals surface area contributed by atoms with E-state index in [4.69, 9.17) is 19.4 Å². The highest BCUT2D eigenvalue weighted by Gasteiger charge is 2.22. The fourth-order valence-electron chi connectivity index (χ4n) is 7.62. The number of rotatable bonds is 5. The normalized spacial score (nSPS) is 12.5. The Labute approximate surface area is 295 Å². The van der Waals surface area contributed by atoms with Crippen LogP contribution in [0.25, 0.3) is 95.2 Å². The van der Waals surface area contributed by atoms with Crippen LogP contribution in [-0.4, -0.2) is 15.0 Å². The molecule has 7 aromatic carbocycles. The van der Waals surface area contributed by atoms with Gasteiger partial charge >= 0.3 is 0 Å². The van der Waals surface area contributed by atoms with Gasteiger partial charge in [-0.1, -0.05) is 146 Å². The summed E-state index contributed by atoms with van der Waals surface area (Å²) >= 11 is 0. The van der Waals surface area contributed by atoms with E-state index in [0.717, 1.165) is 57.0 Å². The average molecular weight is 654 g/mol. The van der Waals surface area contributed by atoms with Gasteiger partial charge in [0.05, 0.1) is 0 Å². The number of hydrogen-bond acceptors (Lipinski definition) is 4. The minimum atomic E-state index is 0.623. The maximum Gasteiger partial charge on any atom is 0.164 e. The number of nitrogens with zero attached hydrogens (tertiary/aromatic N) is 3. The van der Waals surface area contributed by atoms with Gasteiger partial charge in [0.1, 0.15) is 11.2 Å². The summed E-state index contributed by atoms with van der Waals surface area (Å²) < 4.78 is 6.57. The summed E-state index contributed by atoms with van der Waals surface area (Å²) in [6.45, 7) is 0. The molecular formula is C47H31N3O. The molecule has 10 rings (SSSR count). The van der Waals surface area contributed by atoms with E-state index in [1.807, 2.05) is 30.3 Å². The molecule has 0 spiro atoms. The molecule has 9 aromatic rings. The van der Waals surface area contributed by atoms with Crippen molar-refractivity contribution in [1.82, 2.24) is 15.0 Å². The van der Waals surface area contributed by atoms with Crippen molar-refractivity contribution in [3.05, 3.63) is 169 Å². The molecule has 0 radical (unpaired) electrons. The lowest BCUT2D eigenvalue weighted by Gasteiger charge is -2.19. The molecule has 0 atom stereocenters. The molecule has 4 heteroatoms. The van der Waals surface area contributed by atoms with Gasteiger partial charge in [-0.15, -0.1) is 0 Å². The molecule has 0 fully saturated rings. The van der Waals surface area contributed by atoms with Gasteiger partial charge < -0.3 is 4.42 Å². The predicted octanol–water partition coefficient (Wildman–Crippen LogP) is 12.2. The summed E-state index contributed by atoms with van der Waals surface area (Å²) in [4.78, 5) is 15.5. The maximum atomic E-state index is 6.57. The van der Waals surface area contributed by atoms with Crippen LogP contribution >= 0.6 is 0 Å². The summed E-state index contributed by atoms with van der Waals surface area (Å²) in [6.07, 6.45) is 6.42. The third-order valence-electron chi connectivity index (χ3n) is 10.0. The van der Waals surface area contributed by atoms with Crippen molar-refractivity contribution in [2.24, 2.45) is 0 Å². The number of hydrogen-bond donors (Lipinski definition) is 0. The van der Waals surface area contributed by atoms with Crippen LogP contribution in [0.2, 0.25) is 0 Å². The molecular weight excluding hydrogens is 623 g/mol. The van der Waals surface area contributed by atoms with Crippen molar-refractivity contribution in [1.29, 1.82) is 0 Å². The molecule has 0 N–H and O–H groups in total. The zero-order chi connectivity index (χ0) is 33.7. The summed E-state index contributed by atoms with van der Waals surface area (Å²) in [5.74, 6) is 1.94. The van der Waals surface area contributed by atoms with Crippen molar-refractivity contribution >= 4 is 38.8 Å². The van der Waals surface area contributed by atoms with Crippen LogP contribution in [0.4, 0.5) is 0 Å². The molecule has 4 nitrogen and oxygen atoms in total. The van der Waals surface area contributed by atoms with Crippen molar-refractivity contribution in [3.63, 3.8) is 0 Å². The summed E-state index contributed by atoms with van der Waals surface area (Å²) in [5.41, 5.74) is 11.8. The van der Waals surface area contributed by atoms with Gasteiger partial charge in [0, 0.05) is 27.5 Å². The Morgan fingerprint density at radius 3 is 2.00 bits per heavy atom. The molecule has 2 aromatic heterocycles. The smallest absolute Gasteiger partial charge is 0.164 e. The Kier molecular flexibility index (Phi) is 6.91. The van der Waals surface area contributed by atoms with Crippen LogP contribution in [0.15, 0.2) is 162 Å². The number of benzene rings is 7. The molecule has 0 saturated heterocycles. The van der Waals surface area contributed by atoms with Gasteiger partial charge in [0.25, 0.3) is 0 Å². The van der Waals surface area contributed by atoms with Crippen LogP contribution in [0.3, 0.4) is 0 Å². The monoisotopic (exact) mass is 653 g/mol. The molecule has 0 saturated carbocycles. The zero-order valence-corrected chi connectivity index (χ0v) is 27.8. The van der Waals surface area contributed by atoms with Crippen molar-refractivity contribution < 1.29 is 4.42 Å². The van der Waals surface area contributed by atoms with Crippen molar-refractivity contribution in [2.75, 3.05) is 0 Å². The molecule has 0 unspecified atom stereocenters. The standard InChI is InChI=1S/C47H31N3O/c1-3-13-30(14-4-1)36-27-28-39(38-21-10-9-20-37(36)38)46-48-45(32-16-5-2-6-17-32)49-47(50-46)41-23-12-24-42-44(41)40-26-25-33(29-43(40)51-42)35-22-11-18-31-15-7-8-19-34(31)35/h1-9,11-20,22-29H,10,21H2. The number of allylic oxidation sites excluding steroid dienone is 1. The fraction of sp³-hybridized carbons (Fsp3) is 0.0426. The minimum absolute atomic E-state index is 0.623. The van der Waals surface area contributed by atoms with Crippen LogP contribution in [0.1, 0.15) is 17.5 Å². The van der Waals surface area contributed by atoms with Gasteiger partial charge in [0.15, 0.2) is 17.5 Å². The Bertz CT molecular complexity index is 2790. The van der Waals surface area contributed by atoms with E-state index >= 15 is 0 Å². The van der Waals surface area contributed by atoms with Gasteiger partial charge in [-0.25, -0.2) is 15.0 Å². The van der Waals surface area contributed by atoms with Crippen LogP contribution in [0, 0.1) is 0 Å². The summed E-state index contributed by atoms with van der Waals surface area (Å²) in [5, 5.41) is 4.46. The van der Waals surface area contributed by atoms with Gasteiger partial charge in [-0.2, -0.15) is 0 Å². The average Bonchev–Trinajstić information content (AvgIpc) is 3.59. The second-order valence-corrected chi connectivity index (χ2v) is 13.1. The van der Waals surface area contributed by atoms with Crippen molar-refractivity contribution in [3.8, 4) is 56.4 Å². The maximum absolute atomic E-state index is 6.57. The largest absolute Gasteiger partial charge is 0.456 e. The molecule has 1 aliphatic carbocycles. The zero-order valence-electron chi connectivity index (χ0n) is 27.8. The van der Waals surface area contributed by atoms with Crippen LogP contribution in [-0.2, 0) is 6.42 Å². The predicted molar refractivity (Wildman–Crippen MR) is 209 cm³/mol. The number of fused-ring (bicyclic) bond motifs is 5. The topological polar surface area (TPSA) is 51.8 Å². The summed E-state index contributed by atoms with van der Waals surface area (Å²) in [7, 11) is 0. The van der Waals surface area contributed by atoms with E-state index in [9.17, 15) is 0 Å². The van der Waals surface area contributed by atoms with E-state index in [1.165, 1.54) is 38.6 Å². The lowest BCUT2D eigenvalue weighted by Crippen LogP contribution is -2.05. The SMILES string of the molecule is C1=Cc2c(-c3ccccc3)ccc(-c3nc(-c4ccccc4)nc(-c4cccc5oc6cc(-c7cccc8ccccc78)ccc6c45)n3)c2CC1. The molecule has 240 valence electrons. The highest BCUT2D eigenvalue weighted by Crippen LogP contribution is 2.41. The Morgan fingerprint density at radius 1 is 0.451 bits per heavy atom. The molecule has 0 bridgehead atoms. The molecule has 0 aliphatic heterocycles. The first-order chi connectivity index (χ1) is 25.3. The van der Waals surface area contributed by atoms with E-state index in [0.29, 0.717) is 17.5 Å². The van der Waals surface area contributed by atoms with Gasteiger partial charge in [-0.3, -0.25) is 0 Å². The number of aromatic nitrogens is 3. The third kappa shape index (κ3) is 5.03. The lowest BCUT2D eigenvalue weighted by atomic mass is 9.86. The quantitative estimate of drug-likeness (QED) is 0.185. The van der Waals surface area contributed by atoms with Crippen molar-refractivity contribution in [2.45, 2.75) is 12.8 Å². The number of furan rings is 1. The Hall–Kier alpha value is -6.65. The van der Waals surface area contributed by atoms with E-state index in [1.54, 1.807) is 0 Å². The second-order valence-electron chi connectivity index (χ2n) is 13.1. The fourth-order valence-corrected chi connectivity index (χ4v) is 7.62. The Morgan fingerprint density at radius 2 is 1.14 bits per heavy atom. The highest BCUT2D eigenvalue weighted by atomic mass is 16.3. The van der Waals surface area contributed by atoms with Gasteiger partial charge in [-0.05, 0) is 75.2 Å². The second kappa shape index (κ2) is 12.0. The third-order valence-corrected chi connectivity index (χ3v) is 10.0. The van der Waals surface area contributed by atoms with E-state index in [2.05, 4.69) is 133 Å². The molecule has 51 heavy (non-hydrogen) atoms. The molecule has 1 aliphatic rings. The Balaban J connectivity index is 1.17. The minimum Gasteiger partial charge on any atom is -0.456 e.